The highest BCUT2D eigenvalue weighted by molar-refractivity contribution is 5.65. The Labute approximate surface area is 111 Å². The third-order valence-corrected chi connectivity index (χ3v) is 2.85. The van der Waals surface area contributed by atoms with E-state index < -0.39 is 0 Å². The van der Waals surface area contributed by atoms with Crippen LogP contribution >= 0.6 is 0 Å². The van der Waals surface area contributed by atoms with Gasteiger partial charge in [-0.15, -0.1) is 0 Å². The molecule has 0 saturated carbocycles. The average molecular weight is 247 g/mol. The fourth-order valence-corrected chi connectivity index (χ4v) is 1.84. The number of hydrogen-bond acceptors (Lipinski definition) is 2. The van der Waals surface area contributed by atoms with Crippen molar-refractivity contribution >= 4 is 5.57 Å². The molecule has 0 spiro atoms. The third-order valence-electron chi connectivity index (χ3n) is 2.85. The van der Waals surface area contributed by atoms with Gasteiger partial charge in [0.05, 0.1) is 6.10 Å². The molecular formula is C16H25NO. The van der Waals surface area contributed by atoms with Gasteiger partial charge in [-0.25, -0.2) is 0 Å². The first-order valence-electron chi connectivity index (χ1n) is 6.69. The van der Waals surface area contributed by atoms with Crippen molar-refractivity contribution in [3.05, 3.63) is 35.4 Å². The maximum Gasteiger partial charge on any atom is 0.122 e. The SMILES string of the molecule is C/C(=C\CCCN)c1ccc(OC(C)C)c(C)c1. The van der Waals surface area contributed by atoms with Gasteiger partial charge in [0.1, 0.15) is 5.75 Å². The van der Waals surface area contributed by atoms with Gasteiger partial charge in [0.15, 0.2) is 0 Å². The summed E-state index contributed by atoms with van der Waals surface area (Å²) in [7, 11) is 0. The van der Waals surface area contributed by atoms with E-state index in [-0.39, 0.29) is 6.10 Å². The Morgan fingerprint density at radius 1 is 1.39 bits per heavy atom. The van der Waals surface area contributed by atoms with E-state index in [9.17, 15) is 0 Å². The molecule has 2 nitrogen and oxygen atoms in total. The lowest BCUT2D eigenvalue weighted by molar-refractivity contribution is 0.241. The second kappa shape index (κ2) is 7.22. The molecule has 0 fully saturated rings. The zero-order chi connectivity index (χ0) is 13.5. The minimum atomic E-state index is 0.218. The maximum atomic E-state index is 5.74. The van der Waals surface area contributed by atoms with Crippen molar-refractivity contribution in [2.24, 2.45) is 5.73 Å². The smallest absolute Gasteiger partial charge is 0.122 e. The van der Waals surface area contributed by atoms with Crippen molar-refractivity contribution in [1.29, 1.82) is 0 Å². The third kappa shape index (κ3) is 4.53. The minimum absolute atomic E-state index is 0.218. The number of aryl methyl sites for hydroxylation is 1. The lowest BCUT2D eigenvalue weighted by Gasteiger charge is -2.13. The summed E-state index contributed by atoms with van der Waals surface area (Å²) in [6, 6.07) is 6.37. The predicted octanol–water partition coefficient (Wildman–Crippen LogP) is 3.92. The quantitative estimate of drug-likeness (QED) is 0.773. The molecule has 0 atom stereocenters. The Bertz CT molecular complexity index is 408. The Morgan fingerprint density at radius 3 is 2.67 bits per heavy atom. The van der Waals surface area contributed by atoms with E-state index in [4.69, 9.17) is 10.5 Å². The van der Waals surface area contributed by atoms with E-state index in [1.54, 1.807) is 0 Å². The van der Waals surface area contributed by atoms with E-state index in [2.05, 4.69) is 38.1 Å². The first-order chi connectivity index (χ1) is 8.54. The average Bonchev–Trinajstić information content (AvgIpc) is 2.31. The molecule has 0 unspecified atom stereocenters. The monoisotopic (exact) mass is 247 g/mol. The van der Waals surface area contributed by atoms with Crippen LogP contribution in [0.25, 0.3) is 5.57 Å². The van der Waals surface area contributed by atoms with Gasteiger partial charge >= 0.3 is 0 Å². The molecule has 1 aromatic rings. The zero-order valence-corrected chi connectivity index (χ0v) is 12.0. The van der Waals surface area contributed by atoms with Crippen LogP contribution < -0.4 is 10.5 Å². The molecule has 2 N–H and O–H groups in total. The molecule has 0 aromatic heterocycles. The van der Waals surface area contributed by atoms with Gasteiger partial charge in [-0.1, -0.05) is 12.1 Å². The van der Waals surface area contributed by atoms with Gasteiger partial charge in [-0.05, 0) is 75.9 Å². The van der Waals surface area contributed by atoms with Gasteiger partial charge in [0, 0.05) is 0 Å². The minimum Gasteiger partial charge on any atom is -0.491 e. The van der Waals surface area contributed by atoms with Crippen LogP contribution in [0.15, 0.2) is 24.3 Å². The van der Waals surface area contributed by atoms with Crippen molar-refractivity contribution in [2.45, 2.75) is 46.6 Å². The molecule has 0 heterocycles. The highest BCUT2D eigenvalue weighted by Crippen LogP contribution is 2.24. The molecule has 0 saturated heterocycles. The highest BCUT2D eigenvalue weighted by atomic mass is 16.5. The molecular weight excluding hydrogens is 222 g/mol. The number of rotatable bonds is 6. The van der Waals surface area contributed by atoms with Crippen LogP contribution in [-0.4, -0.2) is 12.6 Å². The van der Waals surface area contributed by atoms with E-state index in [0.717, 1.165) is 25.1 Å². The number of allylic oxidation sites excluding steroid dienone is 2. The van der Waals surface area contributed by atoms with Crippen LogP contribution in [0, 0.1) is 6.92 Å². The second-order valence-corrected chi connectivity index (χ2v) is 4.96. The fourth-order valence-electron chi connectivity index (χ4n) is 1.84. The summed E-state index contributed by atoms with van der Waals surface area (Å²) < 4.78 is 5.74. The summed E-state index contributed by atoms with van der Waals surface area (Å²) in [6.45, 7) is 9.09. The topological polar surface area (TPSA) is 35.2 Å². The molecule has 100 valence electrons. The molecule has 2 heteroatoms. The largest absolute Gasteiger partial charge is 0.491 e. The lowest BCUT2D eigenvalue weighted by atomic mass is 10.0. The number of ether oxygens (including phenoxy) is 1. The van der Waals surface area contributed by atoms with Crippen LogP contribution in [0.4, 0.5) is 0 Å². The van der Waals surface area contributed by atoms with Crippen molar-refractivity contribution in [3.8, 4) is 5.75 Å². The number of benzene rings is 1. The summed E-state index contributed by atoms with van der Waals surface area (Å²) in [4.78, 5) is 0. The second-order valence-electron chi connectivity index (χ2n) is 4.96. The molecule has 0 bridgehead atoms. The molecule has 0 radical (unpaired) electrons. The molecule has 18 heavy (non-hydrogen) atoms. The summed E-state index contributed by atoms with van der Waals surface area (Å²) >= 11 is 0. The van der Waals surface area contributed by atoms with E-state index in [0.29, 0.717) is 0 Å². The number of unbranched alkanes of at least 4 members (excludes halogenated alkanes) is 1. The maximum absolute atomic E-state index is 5.74. The summed E-state index contributed by atoms with van der Waals surface area (Å²) in [6.07, 6.45) is 4.57. The highest BCUT2D eigenvalue weighted by Gasteiger charge is 2.04. The summed E-state index contributed by atoms with van der Waals surface area (Å²) in [5, 5.41) is 0. The molecule has 1 rings (SSSR count). The van der Waals surface area contributed by atoms with Gasteiger partial charge in [0.25, 0.3) is 0 Å². The van der Waals surface area contributed by atoms with Crippen LogP contribution in [0.3, 0.4) is 0 Å². The zero-order valence-electron chi connectivity index (χ0n) is 12.0. The van der Waals surface area contributed by atoms with Gasteiger partial charge < -0.3 is 10.5 Å². The van der Waals surface area contributed by atoms with E-state index >= 15 is 0 Å². The van der Waals surface area contributed by atoms with Gasteiger partial charge in [0.2, 0.25) is 0 Å². The molecule has 0 aliphatic carbocycles. The van der Waals surface area contributed by atoms with Crippen LogP contribution in [0.5, 0.6) is 5.75 Å². The molecule has 1 aromatic carbocycles. The summed E-state index contributed by atoms with van der Waals surface area (Å²) in [5.41, 5.74) is 9.26. The number of hydrogen-bond donors (Lipinski definition) is 1. The normalized spacial score (nSPS) is 12.0. The predicted molar refractivity (Wildman–Crippen MR) is 78.9 cm³/mol. The Morgan fingerprint density at radius 2 is 2.11 bits per heavy atom. The first-order valence-corrected chi connectivity index (χ1v) is 6.69. The van der Waals surface area contributed by atoms with Crippen LogP contribution in [0.2, 0.25) is 0 Å². The fraction of sp³-hybridized carbons (Fsp3) is 0.500. The lowest BCUT2D eigenvalue weighted by Crippen LogP contribution is -2.06. The Kier molecular flexibility index (Phi) is 5.93. The van der Waals surface area contributed by atoms with E-state index in [1.807, 2.05) is 13.8 Å². The first kappa shape index (κ1) is 14.8. The van der Waals surface area contributed by atoms with Crippen molar-refractivity contribution in [2.75, 3.05) is 6.54 Å². The van der Waals surface area contributed by atoms with Crippen molar-refractivity contribution < 1.29 is 4.74 Å². The molecule has 0 amide bonds. The standard InChI is InChI=1S/C16H25NO/c1-12(2)18-16-9-8-15(11-14(16)4)13(3)7-5-6-10-17/h7-9,11-12H,5-6,10,17H2,1-4H3/b13-7+. The van der Waals surface area contributed by atoms with Gasteiger partial charge in [-0.2, -0.15) is 0 Å². The van der Waals surface area contributed by atoms with E-state index in [1.165, 1.54) is 16.7 Å². The van der Waals surface area contributed by atoms with Crippen LogP contribution in [0.1, 0.15) is 44.7 Å². The molecule has 0 aliphatic heterocycles. The van der Waals surface area contributed by atoms with Gasteiger partial charge in [-0.3, -0.25) is 0 Å². The van der Waals surface area contributed by atoms with Crippen LogP contribution in [-0.2, 0) is 0 Å². The Balaban J connectivity index is 2.80. The molecule has 0 aliphatic rings. The van der Waals surface area contributed by atoms with Crippen molar-refractivity contribution in [1.82, 2.24) is 0 Å². The Hall–Kier alpha value is -1.28. The number of nitrogens with two attached hydrogens (primary N) is 1. The van der Waals surface area contributed by atoms with Crippen molar-refractivity contribution in [3.63, 3.8) is 0 Å². The summed E-state index contributed by atoms with van der Waals surface area (Å²) in [5.74, 6) is 0.975.